The molecule has 2 heteroatoms. The summed E-state index contributed by atoms with van der Waals surface area (Å²) in [4.78, 5) is 4.02. The minimum absolute atomic E-state index is 0.0689. The minimum atomic E-state index is -0.0689. The van der Waals surface area contributed by atoms with Gasteiger partial charge in [-0.05, 0) is 55.5 Å². The van der Waals surface area contributed by atoms with E-state index in [1.807, 2.05) is 50.6 Å². The summed E-state index contributed by atoms with van der Waals surface area (Å²) in [6.07, 6.45) is 7.44. The van der Waals surface area contributed by atoms with Gasteiger partial charge in [-0.15, -0.1) is 0 Å². The molecule has 0 atom stereocenters. The molecule has 2 radical (unpaired) electrons. The lowest BCUT2D eigenvalue weighted by atomic mass is 10.1. The van der Waals surface area contributed by atoms with Gasteiger partial charge in [0, 0.05) is 18.3 Å². The maximum absolute atomic E-state index is 13.4. The van der Waals surface area contributed by atoms with Crippen molar-refractivity contribution in [3.05, 3.63) is 89.7 Å². The topological polar surface area (TPSA) is 12.9 Å². The van der Waals surface area contributed by atoms with Crippen molar-refractivity contribution in [1.82, 2.24) is 4.98 Å². The summed E-state index contributed by atoms with van der Waals surface area (Å²) in [6, 6.07) is 9.42. The molecule has 1 aliphatic carbocycles. The first-order chi connectivity index (χ1) is 10.1. The van der Waals surface area contributed by atoms with E-state index < -0.39 is 0 Å². The fourth-order valence-electron chi connectivity index (χ4n) is 1.85. The molecule has 1 heterocycles. The van der Waals surface area contributed by atoms with Gasteiger partial charge in [0.25, 0.3) is 0 Å². The first-order valence-corrected chi connectivity index (χ1v) is 7.14. The van der Waals surface area contributed by atoms with Crippen LogP contribution in [0.1, 0.15) is 29.3 Å². The molecule has 1 nitrogen and oxygen atoms in total. The Bertz CT molecular complexity index is 606. The first kappa shape index (κ1) is 15.4. The van der Waals surface area contributed by atoms with E-state index in [1.165, 1.54) is 5.57 Å². The van der Waals surface area contributed by atoms with Crippen molar-refractivity contribution in [1.29, 1.82) is 0 Å². The second-order valence-corrected chi connectivity index (χ2v) is 5.17. The van der Waals surface area contributed by atoms with Gasteiger partial charge in [0.2, 0.25) is 0 Å². The molecule has 21 heavy (non-hydrogen) atoms. The molecule has 1 aromatic carbocycles. The summed E-state index contributed by atoms with van der Waals surface area (Å²) >= 11 is 0. The highest BCUT2D eigenvalue weighted by molar-refractivity contribution is 5.43. The number of aryl methyl sites for hydroxylation is 2. The predicted molar refractivity (Wildman–Crippen MR) is 85.3 cm³/mol. The number of benzene rings is 1. The molecular weight excluding hydrogens is 261 g/mol. The second-order valence-electron chi connectivity index (χ2n) is 5.17. The molecular formula is C19H20FN. The lowest BCUT2D eigenvalue weighted by Gasteiger charge is -2.02. The van der Waals surface area contributed by atoms with Gasteiger partial charge in [-0.3, -0.25) is 4.98 Å². The van der Waals surface area contributed by atoms with Gasteiger partial charge >= 0.3 is 0 Å². The second kappa shape index (κ2) is 7.16. The molecule has 0 fully saturated rings. The Balaban J connectivity index is 0.000000173. The third-order valence-corrected chi connectivity index (χ3v) is 3.30. The van der Waals surface area contributed by atoms with Gasteiger partial charge in [-0.1, -0.05) is 36.8 Å². The highest BCUT2D eigenvalue weighted by Gasteiger charge is 2.11. The number of nitrogens with zero attached hydrogens (tertiary/aromatic N) is 1. The number of hydrogen-bond acceptors (Lipinski definition) is 1. The number of aromatic nitrogens is 1. The SMILES string of the molecule is CCc1ccc(CC2=C[CH]2)c(F)c1.[CH2]c1ccc(C)nc1. The van der Waals surface area contributed by atoms with E-state index in [0.717, 1.165) is 35.2 Å². The number of allylic oxidation sites excluding steroid dienone is 2. The van der Waals surface area contributed by atoms with Crippen molar-refractivity contribution >= 4 is 0 Å². The Hall–Kier alpha value is -1.96. The Kier molecular flexibility index (Phi) is 5.26. The van der Waals surface area contributed by atoms with Crippen LogP contribution in [0.4, 0.5) is 4.39 Å². The summed E-state index contributed by atoms with van der Waals surface area (Å²) in [6.45, 7) is 7.69. The van der Waals surface area contributed by atoms with Crippen molar-refractivity contribution in [2.75, 3.05) is 0 Å². The maximum atomic E-state index is 13.4. The predicted octanol–water partition coefficient (Wildman–Crippen LogP) is 4.65. The largest absolute Gasteiger partial charge is 0.261 e. The highest BCUT2D eigenvalue weighted by atomic mass is 19.1. The van der Waals surface area contributed by atoms with Gasteiger partial charge < -0.3 is 0 Å². The Morgan fingerprint density at radius 2 is 1.95 bits per heavy atom. The van der Waals surface area contributed by atoms with Crippen molar-refractivity contribution in [2.24, 2.45) is 0 Å². The standard InChI is InChI=1S/C12H12F.C7H8N/c1-2-9-5-6-11(12(13)8-9)7-10-3-4-10;1-6-3-4-7(2)8-5-6/h3-6,8H,2,7H2,1H3;3-5H,1H2,2H3. The molecule has 3 rings (SSSR count). The monoisotopic (exact) mass is 281 g/mol. The van der Waals surface area contributed by atoms with E-state index >= 15 is 0 Å². The Morgan fingerprint density at radius 1 is 1.19 bits per heavy atom. The molecule has 0 unspecified atom stereocenters. The van der Waals surface area contributed by atoms with Gasteiger partial charge in [0.15, 0.2) is 0 Å². The molecule has 1 aromatic heterocycles. The lowest BCUT2D eigenvalue weighted by molar-refractivity contribution is 0.612. The van der Waals surface area contributed by atoms with Gasteiger partial charge in [0.05, 0.1) is 0 Å². The zero-order valence-electron chi connectivity index (χ0n) is 12.6. The quantitative estimate of drug-likeness (QED) is 0.798. The molecule has 108 valence electrons. The smallest absolute Gasteiger partial charge is 0.126 e. The van der Waals surface area contributed by atoms with Crippen molar-refractivity contribution in [3.63, 3.8) is 0 Å². The molecule has 0 saturated carbocycles. The van der Waals surface area contributed by atoms with Crippen molar-refractivity contribution < 1.29 is 4.39 Å². The van der Waals surface area contributed by atoms with Crippen LogP contribution in [0.3, 0.4) is 0 Å². The summed E-state index contributed by atoms with van der Waals surface area (Å²) < 4.78 is 13.4. The van der Waals surface area contributed by atoms with Crippen molar-refractivity contribution in [3.8, 4) is 0 Å². The van der Waals surface area contributed by atoms with E-state index in [2.05, 4.69) is 11.9 Å². The third-order valence-electron chi connectivity index (χ3n) is 3.30. The van der Waals surface area contributed by atoms with Crippen LogP contribution in [-0.2, 0) is 12.8 Å². The van der Waals surface area contributed by atoms with Gasteiger partial charge in [0.1, 0.15) is 5.82 Å². The van der Waals surface area contributed by atoms with Gasteiger partial charge in [-0.25, -0.2) is 4.39 Å². The van der Waals surface area contributed by atoms with Gasteiger partial charge in [-0.2, -0.15) is 0 Å². The highest BCUT2D eigenvalue weighted by Crippen LogP contribution is 2.23. The van der Waals surface area contributed by atoms with E-state index in [4.69, 9.17) is 0 Å². The molecule has 0 N–H and O–H groups in total. The van der Waals surface area contributed by atoms with Crippen LogP contribution >= 0.6 is 0 Å². The van der Waals surface area contributed by atoms with E-state index in [9.17, 15) is 4.39 Å². The molecule has 0 bridgehead atoms. The normalized spacial score (nSPS) is 12.3. The molecule has 0 aliphatic heterocycles. The average molecular weight is 281 g/mol. The fraction of sp³-hybridized carbons (Fsp3) is 0.211. The van der Waals surface area contributed by atoms with Crippen LogP contribution in [0.5, 0.6) is 0 Å². The Morgan fingerprint density at radius 3 is 2.43 bits per heavy atom. The zero-order chi connectivity index (χ0) is 15.2. The lowest BCUT2D eigenvalue weighted by Crippen LogP contribution is -1.91. The summed E-state index contributed by atoms with van der Waals surface area (Å²) in [5.74, 6) is -0.0689. The molecule has 1 aliphatic rings. The fourth-order valence-corrected chi connectivity index (χ4v) is 1.85. The third kappa shape index (κ3) is 5.14. The average Bonchev–Trinajstić information content (AvgIpc) is 3.29. The minimum Gasteiger partial charge on any atom is -0.261 e. The van der Waals surface area contributed by atoms with E-state index in [1.54, 1.807) is 12.3 Å². The molecule has 0 saturated heterocycles. The zero-order valence-corrected chi connectivity index (χ0v) is 12.6. The van der Waals surface area contributed by atoms with Crippen LogP contribution in [0.25, 0.3) is 0 Å². The molecule has 0 spiro atoms. The number of rotatable bonds is 3. The number of pyridine rings is 1. The van der Waals surface area contributed by atoms with Crippen LogP contribution in [0.15, 0.2) is 48.2 Å². The number of hydrogen-bond donors (Lipinski definition) is 0. The van der Waals surface area contributed by atoms with Crippen LogP contribution < -0.4 is 0 Å². The summed E-state index contributed by atoms with van der Waals surface area (Å²) in [7, 11) is 0. The molecule has 0 amide bonds. The summed E-state index contributed by atoms with van der Waals surface area (Å²) in [5.41, 5.74) is 5.11. The first-order valence-electron chi connectivity index (χ1n) is 7.14. The van der Waals surface area contributed by atoms with Crippen LogP contribution in [-0.4, -0.2) is 4.98 Å². The Labute approximate surface area is 126 Å². The maximum Gasteiger partial charge on any atom is 0.126 e. The number of halogens is 1. The van der Waals surface area contributed by atoms with E-state index in [-0.39, 0.29) is 5.82 Å². The summed E-state index contributed by atoms with van der Waals surface area (Å²) in [5, 5.41) is 0. The van der Waals surface area contributed by atoms with Crippen LogP contribution in [0, 0.1) is 26.1 Å². The van der Waals surface area contributed by atoms with E-state index in [0.29, 0.717) is 0 Å². The molecule has 2 aromatic rings. The van der Waals surface area contributed by atoms with Crippen LogP contribution in [0.2, 0.25) is 0 Å². The van der Waals surface area contributed by atoms with Crippen molar-refractivity contribution in [2.45, 2.75) is 26.7 Å².